The molecule has 0 saturated carbocycles. The van der Waals surface area contributed by atoms with E-state index in [0.29, 0.717) is 0 Å². The largest absolute Gasteiger partial charge is 0.383 e. The van der Waals surface area contributed by atoms with Crippen LogP contribution in [0, 0.1) is 5.92 Å². The maximum absolute atomic E-state index is 5.14. The Bertz CT molecular complexity index is 281. The Morgan fingerprint density at radius 3 is 2.55 bits per heavy atom. The fraction of sp³-hybridized carbons (Fsp3) is 0.938. The average Bonchev–Trinajstić information content (AvgIpc) is 2.52. The Balaban J connectivity index is 0.00000441. The molecule has 0 aromatic heterocycles. The van der Waals surface area contributed by atoms with Crippen LogP contribution in [0.3, 0.4) is 0 Å². The number of hydrogen-bond acceptors (Lipinski definition) is 3. The molecule has 1 rings (SSSR count). The molecule has 1 heterocycles. The first-order valence-corrected chi connectivity index (χ1v) is 8.53. The van der Waals surface area contributed by atoms with Gasteiger partial charge in [-0.1, -0.05) is 13.3 Å². The van der Waals surface area contributed by atoms with Gasteiger partial charge in [-0.25, -0.2) is 0 Å². The number of nitrogens with one attached hydrogen (secondary N) is 2. The number of aliphatic imine (C=N–C) groups is 1. The third-order valence-corrected chi connectivity index (χ3v) is 3.99. The van der Waals surface area contributed by atoms with Crippen LogP contribution in [0.25, 0.3) is 0 Å². The number of hydrogen-bond donors (Lipinski definition) is 2. The van der Waals surface area contributed by atoms with E-state index in [9.17, 15) is 0 Å². The summed E-state index contributed by atoms with van der Waals surface area (Å²) >= 11 is 0. The predicted octanol–water partition coefficient (Wildman–Crippen LogP) is 2.32. The lowest BCUT2D eigenvalue weighted by atomic mass is 9.97. The standard InChI is InChI=1S/C16H34N4O.HI/c1-4-6-9-18-16(17-5-2)19-14-15-7-10-20(11-8-15)12-13-21-3;/h15H,4-14H2,1-3H3,(H2,17,18,19);1H. The number of methoxy groups -OCH3 is 1. The summed E-state index contributed by atoms with van der Waals surface area (Å²) in [6.45, 7) is 11.5. The van der Waals surface area contributed by atoms with Gasteiger partial charge < -0.3 is 20.3 Å². The van der Waals surface area contributed by atoms with Crippen LogP contribution in [0.4, 0.5) is 0 Å². The van der Waals surface area contributed by atoms with Gasteiger partial charge in [0, 0.05) is 33.3 Å². The van der Waals surface area contributed by atoms with Gasteiger partial charge in [0.15, 0.2) is 5.96 Å². The van der Waals surface area contributed by atoms with E-state index in [2.05, 4.69) is 29.4 Å². The summed E-state index contributed by atoms with van der Waals surface area (Å²) in [6, 6.07) is 0. The minimum Gasteiger partial charge on any atom is -0.383 e. The fourth-order valence-corrected chi connectivity index (χ4v) is 2.56. The molecule has 22 heavy (non-hydrogen) atoms. The lowest BCUT2D eigenvalue weighted by Crippen LogP contribution is -2.39. The first kappa shape index (κ1) is 21.9. The summed E-state index contributed by atoms with van der Waals surface area (Å²) in [6.07, 6.45) is 4.91. The molecular weight excluding hydrogens is 391 g/mol. The first-order chi connectivity index (χ1) is 10.3. The van der Waals surface area contributed by atoms with Crippen LogP contribution in [0.15, 0.2) is 4.99 Å². The lowest BCUT2D eigenvalue weighted by Gasteiger charge is -2.31. The number of halogens is 1. The van der Waals surface area contributed by atoms with Gasteiger partial charge in [-0.15, -0.1) is 24.0 Å². The van der Waals surface area contributed by atoms with Crippen LogP contribution in [-0.4, -0.2) is 63.8 Å². The highest BCUT2D eigenvalue weighted by Gasteiger charge is 2.18. The minimum absolute atomic E-state index is 0. The molecule has 1 fully saturated rings. The van der Waals surface area contributed by atoms with Crippen LogP contribution >= 0.6 is 24.0 Å². The van der Waals surface area contributed by atoms with Gasteiger partial charge in [0.1, 0.15) is 0 Å². The van der Waals surface area contributed by atoms with Crippen LogP contribution in [-0.2, 0) is 4.74 Å². The quantitative estimate of drug-likeness (QED) is 0.257. The molecule has 6 heteroatoms. The maximum atomic E-state index is 5.14. The van der Waals surface area contributed by atoms with Crippen molar-refractivity contribution in [3.63, 3.8) is 0 Å². The molecule has 0 unspecified atom stereocenters. The molecule has 0 aromatic carbocycles. The lowest BCUT2D eigenvalue weighted by molar-refractivity contribution is 0.121. The van der Waals surface area contributed by atoms with Gasteiger partial charge in [0.2, 0.25) is 0 Å². The average molecular weight is 426 g/mol. The number of unbranched alkanes of at least 4 members (excludes halogenated alkanes) is 1. The van der Waals surface area contributed by atoms with E-state index in [1.54, 1.807) is 7.11 Å². The van der Waals surface area contributed by atoms with Gasteiger partial charge in [-0.2, -0.15) is 0 Å². The van der Waals surface area contributed by atoms with E-state index < -0.39 is 0 Å². The van der Waals surface area contributed by atoms with Crippen molar-refractivity contribution in [3.8, 4) is 0 Å². The van der Waals surface area contributed by atoms with Crippen molar-refractivity contribution in [2.24, 2.45) is 10.9 Å². The molecule has 2 N–H and O–H groups in total. The van der Waals surface area contributed by atoms with E-state index in [-0.39, 0.29) is 24.0 Å². The minimum atomic E-state index is 0. The second-order valence-electron chi connectivity index (χ2n) is 5.78. The van der Waals surface area contributed by atoms with Crippen LogP contribution in [0.1, 0.15) is 39.5 Å². The van der Waals surface area contributed by atoms with Gasteiger partial charge in [-0.3, -0.25) is 4.99 Å². The molecule has 1 aliphatic heterocycles. The Morgan fingerprint density at radius 2 is 1.95 bits per heavy atom. The SMILES string of the molecule is CCCCNC(=NCC1CCN(CCOC)CC1)NCC.I. The summed E-state index contributed by atoms with van der Waals surface area (Å²) < 4.78 is 5.14. The van der Waals surface area contributed by atoms with E-state index in [1.165, 1.54) is 38.8 Å². The zero-order valence-corrected chi connectivity index (χ0v) is 16.9. The molecule has 0 bridgehead atoms. The summed E-state index contributed by atoms with van der Waals surface area (Å²) in [5, 5.41) is 6.74. The summed E-state index contributed by atoms with van der Waals surface area (Å²) in [4.78, 5) is 7.24. The number of rotatable bonds is 9. The third kappa shape index (κ3) is 9.84. The van der Waals surface area contributed by atoms with Crippen molar-refractivity contribution in [2.45, 2.75) is 39.5 Å². The molecule has 0 aromatic rings. The van der Waals surface area contributed by atoms with Crippen molar-refractivity contribution >= 4 is 29.9 Å². The van der Waals surface area contributed by atoms with E-state index in [4.69, 9.17) is 9.73 Å². The first-order valence-electron chi connectivity index (χ1n) is 8.53. The molecule has 0 radical (unpaired) electrons. The highest BCUT2D eigenvalue weighted by molar-refractivity contribution is 14.0. The molecule has 132 valence electrons. The summed E-state index contributed by atoms with van der Waals surface area (Å²) in [5.41, 5.74) is 0. The summed E-state index contributed by atoms with van der Waals surface area (Å²) in [7, 11) is 1.77. The van der Waals surface area contributed by atoms with E-state index in [1.807, 2.05) is 0 Å². The zero-order chi connectivity index (χ0) is 15.3. The number of likely N-dealkylation sites (tertiary alicyclic amines) is 1. The molecule has 1 aliphatic rings. The second kappa shape index (κ2) is 14.5. The fourth-order valence-electron chi connectivity index (χ4n) is 2.56. The van der Waals surface area contributed by atoms with Gasteiger partial charge in [-0.05, 0) is 45.2 Å². The number of nitrogens with zero attached hydrogens (tertiary/aromatic N) is 2. The van der Waals surface area contributed by atoms with Crippen molar-refractivity contribution in [2.75, 3.05) is 53.0 Å². The van der Waals surface area contributed by atoms with Crippen molar-refractivity contribution < 1.29 is 4.74 Å². The van der Waals surface area contributed by atoms with Crippen molar-refractivity contribution in [1.82, 2.24) is 15.5 Å². The third-order valence-electron chi connectivity index (χ3n) is 3.99. The molecule has 0 atom stereocenters. The molecule has 0 aliphatic carbocycles. The zero-order valence-electron chi connectivity index (χ0n) is 14.6. The topological polar surface area (TPSA) is 48.9 Å². The van der Waals surface area contributed by atoms with Gasteiger partial charge >= 0.3 is 0 Å². The Morgan fingerprint density at radius 1 is 1.23 bits per heavy atom. The van der Waals surface area contributed by atoms with E-state index >= 15 is 0 Å². The second-order valence-corrected chi connectivity index (χ2v) is 5.78. The number of piperidine rings is 1. The highest BCUT2D eigenvalue weighted by Crippen LogP contribution is 2.17. The van der Waals surface area contributed by atoms with Crippen LogP contribution in [0.2, 0.25) is 0 Å². The van der Waals surface area contributed by atoms with Crippen LogP contribution < -0.4 is 10.6 Å². The van der Waals surface area contributed by atoms with Gasteiger partial charge in [0.25, 0.3) is 0 Å². The smallest absolute Gasteiger partial charge is 0.191 e. The Kier molecular flexibility index (Phi) is 14.5. The predicted molar refractivity (Wildman–Crippen MR) is 105 cm³/mol. The normalized spacial score (nSPS) is 17.1. The van der Waals surface area contributed by atoms with Gasteiger partial charge in [0.05, 0.1) is 6.61 Å². The number of guanidine groups is 1. The molecular formula is C16H35IN4O. The molecule has 0 amide bonds. The summed E-state index contributed by atoms with van der Waals surface area (Å²) in [5.74, 6) is 1.71. The van der Waals surface area contributed by atoms with Crippen LogP contribution in [0.5, 0.6) is 0 Å². The van der Waals surface area contributed by atoms with Crippen molar-refractivity contribution in [3.05, 3.63) is 0 Å². The Labute approximate surface area is 153 Å². The Hall–Kier alpha value is -0.0800. The molecule has 0 spiro atoms. The van der Waals surface area contributed by atoms with E-state index in [0.717, 1.165) is 44.7 Å². The monoisotopic (exact) mass is 426 g/mol. The molecule has 1 saturated heterocycles. The highest BCUT2D eigenvalue weighted by atomic mass is 127. The number of ether oxygens (including phenoxy) is 1. The maximum Gasteiger partial charge on any atom is 0.191 e. The molecule has 5 nitrogen and oxygen atoms in total. The van der Waals surface area contributed by atoms with Crippen molar-refractivity contribution in [1.29, 1.82) is 0 Å².